The Balaban J connectivity index is 1.65. The fraction of sp³-hybridized carbons (Fsp3) is 0.375. The molecular formula is C16H18ClN3O2. The first-order valence-corrected chi connectivity index (χ1v) is 7.60. The van der Waals surface area contributed by atoms with Crippen LogP contribution in [-0.2, 0) is 11.3 Å². The number of aromatic nitrogens is 2. The van der Waals surface area contributed by atoms with Crippen molar-refractivity contribution in [1.29, 1.82) is 0 Å². The molecule has 1 unspecified atom stereocenters. The molecule has 22 heavy (non-hydrogen) atoms. The molecule has 2 heterocycles. The summed E-state index contributed by atoms with van der Waals surface area (Å²) >= 11 is 6.14. The molecule has 5 nitrogen and oxygen atoms in total. The van der Waals surface area contributed by atoms with Gasteiger partial charge in [-0.15, -0.1) is 0 Å². The summed E-state index contributed by atoms with van der Waals surface area (Å²) in [6.07, 6.45) is 2.63. The lowest BCUT2D eigenvalue weighted by Crippen LogP contribution is -2.25. The average molecular weight is 320 g/mol. The van der Waals surface area contributed by atoms with Crippen LogP contribution >= 0.6 is 11.6 Å². The number of rotatable bonds is 5. The van der Waals surface area contributed by atoms with Crippen molar-refractivity contribution < 1.29 is 9.47 Å². The first kappa shape index (κ1) is 15.1. The lowest BCUT2D eigenvalue weighted by molar-refractivity contribution is 0.181. The molecule has 0 radical (unpaired) electrons. The minimum atomic E-state index is 0.112. The lowest BCUT2D eigenvalue weighted by atomic mass is 10.3. The van der Waals surface area contributed by atoms with Crippen LogP contribution < -0.4 is 9.64 Å². The average Bonchev–Trinajstić information content (AvgIpc) is 2.99. The highest BCUT2D eigenvalue weighted by atomic mass is 35.5. The summed E-state index contributed by atoms with van der Waals surface area (Å²) in [4.78, 5) is 10.7. The maximum atomic E-state index is 6.14. The smallest absolute Gasteiger partial charge is 0.138 e. The molecule has 1 fully saturated rings. The third-order valence-corrected chi connectivity index (χ3v) is 3.91. The number of para-hydroxylation sites is 1. The van der Waals surface area contributed by atoms with E-state index in [4.69, 9.17) is 21.1 Å². The third kappa shape index (κ3) is 3.48. The van der Waals surface area contributed by atoms with E-state index in [2.05, 4.69) is 14.9 Å². The zero-order valence-corrected chi connectivity index (χ0v) is 13.2. The minimum absolute atomic E-state index is 0.112. The number of methoxy groups -OCH3 is 1. The minimum Gasteiger partial charge on any atom is -0.487 e. The van der Waals surface area contributed by atoms with Crippen LogP contribution in [0.1, 0.15) is 12.1 Å². The van der Waals surface area contributed by atoms with Crippen molar-refractivity contribution in [3.63, 3.8) is 0 Å². The summed E-state index contributed by atoms with van der Waals surface area (Å²) < 4.78 is 11.1. The van der Waals surface area contributed by atoms with Crippen molar-refractivity contribution >= 4 is 17.4 Å². The van der Waals surface area contributed by atoms with Gasteiger partial charge in [-0.2, -0.15) is 0 Å². The van der Waals surface area contributed by atoms with Gasteiger partial charge in [0.1, 0.15) is 24.0 Å². The van der Waals surface area contributed by atoms with E-state index in [0.717, 1.165) is 36.8 Å². The second-order valence-corrected chi connectivity index (χ2v) is 5.61. The molecule has 0 N–H and O–H groups in total. The Morgan fingerprint density at radius 3 is 3.00 bits per heavy atom. The van der Waals surface area contributed by atoms with E-state index < -0.39 is 0 Å². The standard InChI is InChI=1S/C16H18ClN3O2/c1-21-10-12-8-16(19-11-18-12)20-7-6-13(9-20)22-15-5-3-2-4-14(15)17/h2-5,8,11,13H,6-7,9-10H2,1H3. The second-order valence-electron chi connectivity index (χ2n) is 5.21. The molecule has 0 saturated carbocycles. The number of anilines is 1. The maximum absolute atomic E-state index is 6.14. The van der Waals surface area contributed by atoms with Gasteiger partial charge in [-0.05, 0) is 12.1 Å². The molecule has 1 aromatic heterocycles. The van der Waals surface area contributed by atoms with Gasteiger partial charge >= 0.3 is 0 Å². The molecule has 0 aliphatic carbocycles. The normalized spacial score (nSPS) is 17.7. The van der Waals surface area contributed by atoms with Gasteiger partial charge < -0.3 is 14.4 Å². The molecule has 2 aromatic rings. The van der Waals surface area contributed by atoms with Gasteiger partial charge in [0.05, 0.1) is 23.9 Å². The van der Waals surface area contributed by atoms with Crippen LogP contribution in [0, 0.1) is 0 Å². The highest BCUT2D eigenvalue weighted by molar-refractivity contribution is 6.32. The Labute approximate surface area is 134 Å². The Morgan fingerprint density at radius 1 is 1.32 bits per heavy atom. The van der Waals surface area contributed by atoms with E-state index in [9.17, 15) is 0 Å². The van der Waals surface area contributed by atoms with E-state index in [1.54, 1.807) is 13.4 Å². The van der Waals surface area contributed by atoms with E-state index >= 15 is 0 Å². The first-order valence-electron chi connectivity index (χ1n) is 7.22. The van der Waals surface area contributed by atoms with E-state index in [0.29, 0.717) is 11.6 Å². The summed E-state index contributed by atoms with van der Waals surface area (Å²) in [5.74, 6) is 1.64. The molecule has 116 valence electrons. The number of nitrogens with zero attached hydrogens (tertiary/aromatic N) is 3. The zero-order valence-electron chi connectivity index (χ0n) is 12.4. The topological polar surface area (TPSA) is 47.5 Å². The van der Waals surface area contributed by atoms with Gasteiger partial charge in [0.15, 0.2) is 0 Å². The van der Waals surface area contributed by atoms with Gasteiger partial charge in [0, 0.05) is 26.1 Å². The van der Waals surface area contributed by atoms with Crippen LogP contribution in [-0.4, -0.2) is 36.3 Å². The summed E-state index contributed by atoms with van der Waals surface area (Å²) in [5.41, 5.74) is 0.878. The number of hydrogen-bond acceptors (Lipinski definition) is 5. The SMILES string of the molecule is COCc1cc(N2CCC(Oc3ccccc3Cl)C2)ncn1. The predicted molar refractivity (Wildman–Crippen MR) is 85.4 cm³/mol. The van der Waals surface area contributed by atoms with Crippen molar-refractivity contribution in [3.05, 3.63) is 47.4 Å². The number of halogens is 1. The fourth-order valence-corrected chi connectivity index (χ4v) is 2.72. The highest BCUT2D eigenvalue weighted by Gasteiger charge is 2.25. The molecular weight excluding hydrogens is 302 g/mol. The van der Waals surface area contributed by atoms with Crippen molar-refractivity contribution in [2.45, 2.75) is 19.1 Å². The van der Waals surface area contributed by atoms with Gasteiger partial charge in [0.25, 0.3) is 0 Å². The first-order chi connectivity index (χ1) is 10.8. The molecule has 1 saturated heterocycles. The van der Waals surface area contributed by atoms with Crippen LogP contribution in [0.4, 0.5) is 5.82 Å². The van der Waals surface area contributed by atoms with Crippen LogP contribution in [0.5, 0.6) is 5.75 Å². The molecule has 0 bridgehead atoms. The molecule has 0 spiro atoms. The van der Waals surface area contributed by atoms with Gasteiger partial charge in [-0.1, -0.05) is 23.7 Å². The van der Waals surface area contributed by atoms with Crippen LogP contribution in [0.25, 0.3) is 0 Å². The molecule has 1 aromatic carbocycles. The number of hydrogen-bond donors (Lipinski definition) is 0. The molecule has 1 atom stereocenters. The van der Waals surface area contributed by atoms with E-state index in [1.165, 1.54) is 0 Å². The monoisotopic (exact) mass is 319 g/mol. The summed E-state index contributed by atoms with van der Waals surface area (Å²) in [6.45, 7) is 2.18. The van der Waals surface area contributed by atoms with Crippen LogP contribution in [0.3, 0.4) is 0 Å². The molecule has 0 amide bonds. The van der Waals surface area contributed by atoms with Crippen molar-refractivity contribution in [3.8, 4) is 5.75 Å². The van der Waals surface area contributed by atoms with Crippen molar-refractivity contribution in [2.75, 3.05) is 25.1 Å². The van der Waals surface area contributed by atoms with Gasteiger partial charge in [-0.25, -0.2) is 9.97 Å². The second kappa shape index (κ2) is 6.94. The zero-order chi connectivity index (χ0) is 15.4. The summed E-state index contributed by atoms with van der Waals surface area (Å²) in [6, 6.07) is 9.52. The molecule has 6 heteroatoms. The number of benzene rings is 1. The van der Waals surface area contributed by atoms with E-state index in [1.807, 2.05) is 30.3 Å². The molecule has 1 aliphatic rings. The van der Waals surface area contributed by atoms with Gasteiger partial charge in [-0.3, -0.25) is 0 Å². The molecule has 1 aliphatic heterocycles. The fourth-order valence-electron chi connectivity index (χ4n) is 2.54. The molecule has 3 rings (SSSR count). The maximum Gasteiger partial charge on any atom is 0.138 e. The van der Waals surface area contributed by atoms with Crippen LogP contribution in [0.2, 0.25) is 5.02 Å². The lowest BCUT2D eigenvalue weighted by Gasteiger charge is -2.18. The Hall–Kier alpha value is -1.85. The summed E-state index contributed by atoms with van der Waals surface area (Å²) in [5, 5.41) is 0.644. The van der Waals surface area contributed by atoms with Gasteiger partial charge in [0.2, 0.25) is 0 Å². The van der Waals surface area contributed by atoms with Crippen molar-refractivity contribution in [1.82, 2.24) is 9.97 Å². The third-order valence-electron chi connectivity index (χ3n) is 3.60. The largest absolute Gasteiger partial charge is 0.487 e. The van der Waals surface area contributed by atoms with E-state index in [-0.39, 0.29) is 6.10 Å². The quantitative estimate of drug-likeness (QED) is 0.848. The Bertz CT molecular complexity index is 638. The number of ether oxygens (including phenoxy) is 2. The predicted octanol–water partition coefficient (Wildman–Crippen LogP) is 2.93. The Morgan fingerprint density at radius 2 is 2.18 bits per heavy atom. The summed E-state index contributed by atoms with van der Waals surface area (Å²) in [7, 11) is 1.66. The van der Waals surface area contributed by atoms with Crippen LogP contribution in [0.15, 0.2) is 36.7 Å². The highest BCUT2D eigenvalue weighted by Crippen LogP contribution is 2.27. The Kier molecular flexibility index (Phi) is 4.75. The van der Waals surface area contributed by atoms with Crippen molar-refractivity contribution in [2.24, 2.45) is 0 Å².